The van der Waals surface area contributed by atoms with Crippen molar-refractivity contribution in [3.05, 3.63) is 66.1 Å². The number of carboxylic acids is 1. The summed E-state index contributed by atoms with van der Waals surface area (Å²) in [5.41, 5.74) is 7.25. The molecule has 0 saturated heterocycles. The molecule has 1 aromatic carbocycles. The first-order valence-electron chi connectivity index (χ1n) is 7.12. The Morgan fingerprint density at radius 1 is 1.04 bits per heavy atom. The minimum atomic E-state index is -1.20. The number of benzene rings is 1. The molecule has 24 heavy (non-hydrogen) atoms. The van der Waals surface area contributed by atoms with Gasteiger partial charge in [0.2, 0.25) is 5.88 Å². The average Bonchev–Trinajstić information content (AvgIpc) is 2.61. The Balaban J connectivity index is 1.83. The molecule has 0 amide bonds. The SMILES string of the molecule is Nc1ccc(-c2cncc(OCc3ccccc3)n2)nc1C(=O)O. The number of pyridine rings is 1. The Kier molecular flexibility index (Phi) is 4.33. The predicted octanol–water partition coefficient (Wildman–Crippen LogP) is 2.40. The second-order valence-corrected chi connectivity index (χ2v) is 4.96. The summed E-state index contributed by atoms with van der Waals surface area (Å²) in [4.78, 5) is 23.5. The normalized spacial score (nSPS) is 10.3. The number of aromatic carboxylic acids is 1. The van der Waals surface area contributed by atoms with Crippen LogP contribution in [0.4, 0.5) is 5.69 Å². The van der Waals surface area contributed by atoms with Crippen molar-refractivity contribution in [3.63, 3.8) is 0 Å². The Labute approximate surface area is 137 Å². The highest BCUT2D eigenvalue weighted by atomic mass is 16.5. The van der Waals surface area contributed by atoms with Gasteiger partial charge < -0.3 is 15.6 Å². The molecule has 0 unspecified atom stereocenters. The van der Waals surface area contributed by atoms with E-state index in [4.69, 9.17) is 15.6 Å². The topological polar surface area (TPSA) is 111 Å². The van der Waals surface area contributed by atoms with Crippen LogP contribution in [0.15, 0.2) is 54.9 Å². The number of aromatic nitrogens is 3. The molecule has 0 bridgehead atoms. The predicted molar refractivity (Wildman–Crippen MR) is 87.4 cm³/mol. The number of rotatable bonds is 5. The van der Waals surface area contributed by atoms with E-state index < -0.39 is 5.97 Å². The zero-order valence-corrected chi connectivity index (χ0v) is 12.6. The number of nitrogens with two attached hydrogens (primary N) is 1. The number of nitrogen functional groups attached to an aromatic ring is 1. The zero-order valence-electron chi connectivity index (χ0n) is 12.6. The molecule has 7 nitrogen and oxygen atoms in total. The molecule has 0 saturated carbocycles. The summed E-state index contributed by atoms with van der Waals surface area (Å²) in [5, 5.41) is 9.10. The summed E-state index contributed by atoms with van der Waals surface area (Å²) in [5.74, 6) is -0.870. The summed E-state index contributed by atoms with van der Waals surface area (Å²) in [7, 11) is 0. The van der Waals surface area contributed by atoms with Gasteiger partial charge in [0.05, 0.1) is 23.8 Å². The van der Waals surface area contributed by atoms with Crippen LogP contribution in [0.3, 0.4) is 0 Å². The third-order valence-electron chi connectivity index (χ3n) is 3.23. The molecule has 0 fully saturated rings. The van der Waals surface area contributed by atoms with Crippen molar-refractivity contribution in [2.24, 2.45) is 0 Å². The van der Waals surface area contributed by atoms with Gasteiger partial charge in [-0.3, -0.25) is 4.98 Å². The van der Waals surface area contributed by atoms with Gasteiger partial charge in [0.15, 0.2) is 5.69 Å². The minimum Gasteiger partial charge on any atom is -0.476 e. The van der Waals surface area contributed by atoms with E-state index in [-0.39, 0.29) is 11.4 Å². The molecule has 120 valence electrons. The number of carboxylic acid groups (broad SMARTS) is 1. The molecule has 0 aliphatic rings. The lowest BCUT2D eigenvalue weighted by molar-refractivity contribution is 0.0692. The van der Waals surface area contributed by atoms with Gasteiger partial charge in [-0.25, -0.2) is 14.8 Å². The van der Waals surface area contributed by atoms with Crippen molar-refractivity contribution in [2.45, 2.75) is 6.61 Å². The number of hydrogen-bond acceptors (Lipinski definition) is 6. The number of nitrogens with zero attached hydrogens (tertiary/aromatic N) is 3. The fraction of sp³-hybridized carbons (Fsp3) is 0.0588. The van der Waals surface area contributed by atoms with E-state index in [0.717, 1.165) is 5.56 Å². The van der Waals surface area contributed by atoms with Crippen molar-refractivity contribution in [2.75, 3.05) is 5.73 Å². The average molecular weight is 322 g/mol. The van der Waals surface area contributed by atoms with Gasteiger partial charge in [0, 0.05) is 0 Å². The fourth-order valence-electron chi connectivity index (χ4n) is 2.06. The molecule has 2 aromatic heterocycles. The Bertz CT molecular complexity index is 869. The number of ether oxygens (including phenoxy) is 1. The van der Waals surface area contributed by atoms with Crippen LogP contribution in [-0.4, -0.2) is 26.0 Å². The summed E-state index contributed by atoms with van der Waals surface area (Å²) < 4.78 is 5.61. The second-order valence-electron chi connectivity index (χ2n) is 4.96. The minimum absolute atomic E-state index is 0.0932. The van der Waals surface area contributed by atoms with Crippen LogP contribution < -0.4 is 10.5 Å². The number of carbonyl (C=O) groups is 1. The third-order valence-corrected chi connectivity index (χ3v) is 3.23. The van der Waals surface area contributed by atoms with E-state index in [2.05, 4.69) is 15.0 Å². The van der Waals surface area contributed by atoms with E-state index in [0.29, 0.717) is 23.9 Å². The molecule has 3 aromatic rings. The van der Waals surface area contributed by atoms with Crippen molar-refractivity contribution >= 4 is 11.7 Å². The first-order valence-corrected chi connectivity index (χ1v) is 7.12. The zero-order chi connectivity index (χ0) is 16.9. The maximum absolute atomic E-state index is 11.1. The number of anilines is 1. The van der Waals surface area contributed by atoms with Gasteiger partial charge in [0.1, 0.15) is 12.3 Å². The van der Waals surface area contributed by atoms with Crippen LogP contribution in [-0.2, 0) is 6.61 Å². The van der Waals surface area contributed by atoms with E-state index in [1.807, 2.05) is 30.3 Å². The summed E-state index contributed by atoms with van der Waals surface area (Å²) in [6.07, 6.45) is 2.97. The van der Waals surface area contributed by atoms with E-state index in [1.54, 1.807) is 6.07 Å². The molecule has 2 heterocycles. The lowest BCUT2D eigenvalue weighted by atomic mass is 10.2. The molecular formula is C17H14N4O3. The quantitative estimate of drug-likeness (QED) is 0.741. The molecule has 0 aliphatic heterocycles. The number of hydrogen-bond donors (Lipinski definition) is 2. The van der Waals surface area contributed by atoms with Crippen LogP contribution in [0.2, 0.25) is 0 Å². The fourth-order valence-corrected chi connectivity index (χ4v) is 2.06. The second kappa shape index (κ2) is 6.74. The molecule has 3 rings (SSSR count). The Morgan fingerprint density at radius 2 is 1.83 bits per heavy atom. The summed E-state index contributed by atoms with van der Waals surface area (Å²) in [6, 6.07) is 12.7. The smallest absolute Gasteiger partial charge is 0.356 e. The third kappa shape index (κ3) is 3.46. The molecule has 7 heteroatoms. The van der Waals surface area contributed by atoms with E-state index in [1.165, 1.54) is 18.5 Å². The van der Waals surface area contributed by atoms with Gasteiger partial charge in [-0.05, 0) is 17.7 Å². The standard InChI is InChI=1S/C17H14N4O3/c18-12-6-7-13(21-16(12)17(22)23)14-8-19-9-15(20-14)24-10-11-4-2-1-3-5-11/h1-9H,10,18H2,(H,22,23). The summed E-state index contributed by atoms with van der Waals surface area (Å²) in [6.45, 7) is 0.356. The Hall–Kier alpha value is -3.48. The molecule has 0 radical (unpaired) electrons. The largest absolute Gasteiger partial charge is 0.476 e. The van der Waals surface area contributed by atoms with Crippen LogP contribution in [0, 0.1) is 0 Å². The van der Waals surface area contributed by atoms with Crippen molar-refractivity contribution in [1.82, 2.24) is 15.0 Å². The van der Waals surface area contributed by atoms with Crippen molar-refractivity contribution in [1.29, 1.82) is 0 Å². The van der Waals surface area contributed by atoms with Crippen molar-refractivity contribution in [3.8, 4) is 17.3 Å². The van der Waals surface area contributed by atoms with Gasteiger partial charge in [0.25, 0.3) is 0 Å². The molecule has 0 spiro atoms. The first-order chi connectivity index (χ1) is 11.6. The first kappa shape index (κ1) is 15.4. The maximum Gasteiger partial charge on any atom is 0.356 e. The van der Waals surface area contributed by atoms with Gasteiger partial charge in [-0.1, -0.05) is 30.3 Å². The van der Waals surface area contributed by atoms with Crippen molar-refractivity contribution < 1.29 is 14.6 Å². The van der Waals surface area contributed by atoms with Crippen LogP contribution in [0.1, 0.15) is 16.1 Å². The van der Waals surface area contributed by atoms with Gasteiger partial charge in [-0.15, -0.1) is 0 Å². The summed E-state index contributed by atoms with van der Waals surface area (Å²) >= 11 is 0. The van der Waals surface area contributed by atoms with Crippen LogP contribution in [0.5, 0.6) is 5.88 Å². The molecule has 0 aliphatic carbocycles. The monoisotopic (exact) mass is 322 g/mol. The highest BCUT2D eigenvalue weighted by Crippen LogP contribution is 2.20. The maximum atomic E-state index is 11.1. The molecule has 0 atom stereocenters. The highest BCUT2D eigenvalue weighted by Gasteiger charge is 2.13. The lowest BCUT2D eigenvalue weighted by Crippen LogP contribution is -2.06. The van der Waals surface area contributed by atoms with E-state index in [9.17, 15) is 4.79 Å². The van der Waals surface area contributed by atoms with Crippen LogP contribution in [0.25, 0.3) is 11.4 Å². The van der Waals surface area contributed by atoms with Gasteiger partial charge in [-0.2, -0.15) is 0 Å². The van der Waals surface area contributed by atoms with Crippen LogP contribution >= 0.6 is 0 Å². The lowest BCUT2D eigenvalue weighted by Gasteiger charge is -2.07. The molecular weight excluding hydrogens is 308 g/mol. The highest BCUT2D eigenvalue weighted by molar-refractivity contribution is 5.91. The molecule has 3 N–H and O–H groups in total. The van der Waals surface area contributed by atoms with Gasteiger partial charge >= 0.3 is 5.97 Å². The van der Waals surface area contributed by atoms with E-state index >= 15 is 0 Å². The Morgan fingerprint density at radius 3 is 2.58 bits per heavy atom.